The first-order valence-electron chi connectivity index (χ1n) is 11.5. The predicted octanol–water partition coefficient (Wildman–Crippen LogP) is 4.49. The molecule has 0 unspecified atom stereocenters. The number of nitrogens with zero attached hydrogens (tertiary/aromatic N) is 2. The third-order valence-electron chi connectivity index (χ3n) is 6.28. The quantitative estimate of drug-likeness (QED) is 0.556. The lowest BCUT2D eigenvalue weighted by Gasteiger charge is -2.35. The molecule has 1 saturated heterocycles. The van der Waals surface area contributed by atoms with Crippen molar-refractivity contribution >= 4 is 5.57 Å². The highest BCUT2D eigenvalue weighted by Gasteiger charge is 2.27. The molecule has 33 heavy (non-hydrogen) atoms. The third-order valence-corrected chi connectivity index (χ3v) is 6.28. The number of likely N-dealkylation sites (tertiary alicyclic amines) is 1. The molecule has 1 fully saturated rings. The van der Waals surface area contributed by atoms with Gasteiger partial charge in [-0.25, -0.2) is 0 Å². The summed E-state index contributed by atoms with van der Waals surface area (Å²) in [5.41, 5.74) is 3.57. The van der Waals surface area contributed by atoms with Gasteiger partial charge in [0.15, 0.2) is 0 Å². The van der Waals surface area contributed by atoms with Crippen LogP contribution in [0.1, 0.15) is 36.5 Å². The first-order chi connectivity index (χ1) is 15.9. The average Bonchev–Trinajstić information content (AvgIpc) is 2.82. The summed E-state index contributed by atoms with van der Waals surface area (Å²) in [6.45, 7) is 9.68. The van der Waals surface area contributed by atoms with E-state index in [2.05, 4.69) is 35.7 Å². The number of aliphatic hydroxyl groups is 1. The van der Waals surface area contributed by atoms with Crippen LogP contribution in [0.5, 0.6) is 5.75 Å². The highest BCUT2D eigenvalue weighted by molar-refractivity contribution is 5.63. The van der Waals surface area contributed by atoms with E-state index in [0.29, 0.717) is 18.9 Å². The van der Waals surface area contributed by atoms with Crippen molar-refractivity contribution in [3.8, 4) is 5.75 Å². The fourth-order valence-electron chi connectivity index (χ4n) is 4.04. The molecule has 0 aliphatic carbocycles. The molecular weight excluding hydrogens is 412 g/mol. The van der Waals surface area contributed by atoms with Crippen molar-refractivity contribution < 1.29 is 9.84 Å². The second-order valence-electron chi connectivity index (χ2n) is 9.18. The molecule has 0 amide bonds. The Hall–Kier alpha value is -3.15. The number of hydrogen-bond donors (Lipinski definition) is 1. The van der Waals surface area contributed by atoms with Crippen LogP contribution in [0.2, 0.25) is 0 Å². The van der Waals surface area contributed by atoms with Gasteiger partial charge in [0.2, 0.25) is 0 Å². The number of benzene rings is 2. The molecule has 2 heterocycles. The molecule has 0 atom stereocenters. The standard InChI is InChI=1S/C28H32N2O3/c1-22(25-10-8-23(9-11-25)20-29-16-13-28(2,32)14-17-29)19-30-15-12-26(18-27(30)31)33-21-24-6-4-3-5-7-24/h3-12,15,18,32H,1,13-14,16-17,19-21H2,2H3. The van der Waals surface area contributed by atoms with Crippen molar-refractivity contribution in [1.29, 1.82) is 0 Å². The fourth-order valence-corrected chi connectivity index (χ4v) is 4.04. The van der Waals surface area contributed by atoms with E-state index in [4.69, 9.17) is 4.74 Å². The Balaban J connectivity index is 1.31. The van der Waals surface area contributed by atoms with Gasteiger partial charge in [0.25, 0.3) is 5.56 Å². The molecule has 5 heteroatoms. The SMILES string of the molecule is C=C(Cn1ccc(OCc2ccccc2)cc1=O)c1ccc(CN2CCC(C)(O)CC2)cc1. The van der Waals surface area contributed by atoms with Crippen molar-refractivity contribution in [1.82, 2.24) is 9.47 Å². The number of pyridine rings is 1. The van der Waals surface area contributed by atoms with Crippen LogP contribution >= 0.6 is 0 Å². The van der Waals surface area contributed by atoms with Gasteiger partial charge in [0, 0.05) is 31.9 Å². The highest BCUT2D eigenvalue weighted by Crippen LogP contribution is 2.23. The van der Waals surface area contributed by atoms with E-state index in [0.717, 1.165) is 49.2 Å². The van der Waals surface area contributed by atoms with Crippen molar-refractivity contribution in [2.24, 2.45) is 0 Å². The van der Waals surface area contributed by atoms with Crippen molar-refractivity contribution in [3.63, 3.8) is 0 Å². The molecule has 3 aromatic rings. The van der Waals surface area contributed by atoms with Crippen LogP contribution in [0.15, 0.2) is 84.3 Å². The predicted molar refractivity (Wildman–Crippen MR) is 132 cm³/mol. The van der Waals surface area contributed by atoms with Crippen LogP contribution < -0.4 is 10.3 Å². The minimum absolute atomic E-state index is 0.112. The Bertz CT molecular complexity index is 1120. The van der Waals surface area contributed by atoms with E-state index in [1.54, 1.807) is 10.8 Å². The van der Waals surface area contributed by atoms with Crippen LogP contribution in [0.4, 0.5) is 0 Å². The Morgan fingerprint density at radius 2 is 1.73 bits per heavy atom. The summed E-state index contributed by atoms with van der Waals surface area (Å²) in [5.74, 6) is 0.564. The maximum absolute atomic E-state index is 12.6. The average molecular weight is 445 g/mol. The molecule has 0 radical (unpaired) electrons. The summed E-state index contributed by atoms with van der Waals surface area (Å²) in [6, 6.07) is 21.6. The summed E-state index contributed by atoms with van der Waals surface area (Å²) in [4.78, 5) is 14.9. The lowest BCUT2D eigenvalue weighted by atomic mass is 9.93. The second-order valence-corrected chi connectivity index (χ2v) is 9.18. The number of allylic oxidation sites excluding steroid dienone is 1. The number of piperidine rings is 1. The Kier molecular flexibility index (Phi) is 7.11. The maximum atomic E-state index is 12.6. The van der Waals surface area contributed by atoms with Crippen LogP contribution in [0, 0.1) is 0 Å². The van der Waals surface area contributed by atoms with Gasteiger partial charge in [-0.1, -0.05) is 61.2 Å². The maximum Gasteiger partial charge on any atom is 0.254 e. The number of ether oxygens (including phenoxy) is 1. The zero-order chi connectivity index (χ0) is 23.3. The summed E-state index contributed by atoms with van der Waals surface area (Å²) >= 11 is 0. The van der Waals surface area contributed by atoms with Gasteiger partial charge < -0.3 is 14.4 Å². The van der Waals surface area contributed by atoms with Crippen molar-refractivity contribution in [3.05, 3.63) is 107 Å². The fraction of sp³-hybridized carbons (Fsp3) is 0.321. The highest BCUT2D eigenvalue weighted by atomic mass is 16.5. The molecule has 5 nitrogen and oxygen atoms in total. The Labute approximate surface area is 195 Å². The smallest absolute Gasteiger partial charge is 0.254 e. The van der Waals surface area contributed by atoms with Gasteiger partial charge in [-0.3, -0.25) is 9.69 Å². The van der Waals surface area contributed by atoms with Crippen LogP contribution in [-0.2, 0) is 19.7 Å². The molecule has 0 bridgehead atoms. The van der Waals surface area contributed by atoms with Gasteiger partial charge in [-0.15, -0.1) is 0 Å². The van der Waals surface area contributed by atoms with Crippen LogP contribution in [-0.4, -0.2) is 33.3 Å². The normalized spacial score (nSPS) is 15.8. The number of hydrogen-bond acceptors (Lipinski definition) is 4. The molecule has 1 aromatic heterocycles. The van der Waals surface area contributed by atoms with E-state index >= 15 is 0 Å². The van der Waals surface area contributed by atoms with E-state index in [9.17, 15) is 9.90 Å². The third kappa shape index (κ3) is 6.44. The Morgan fingerprint density at radius 3 is 2.39 bits per heavy atom. The summed E-state index contributed by atoms with van der Waals surface area (Å²) in [6.07, 6.45) is 3.38. The van der Waals surface area contributed by atoms with Crippen LogP contribution in [0.3, 0.4) is 0 Å². The van der Waals surface area contributed by atoms with E-state index < -0.39 is 5.60 Å². The molecule has 1 aliphatic rings. The molecular formula is C28H32N2O3. The lowest BCUT2D eigenvalue weighted by Crippen LogP contribution is -2.41. The monoisotopic (exact) mass is 444 g/mol. The van der Waals surface area contributed by atoms with Gasteiger partial charge >= 0.3 is 0 Å². The van der Waals surface area contributed by atoms with Crippen molar-refractivity contribution in [2.45, 2.75) is 45.1 Å². The summed E-state index contributed by atoms with van der Waals surface area (Å²) in [5, 5.41) is 10.1. The molecule has 1 N–H and O–H groups in total. The molecule has 1 aliphatic heterocycles. The molecule has 172 valence electrons. The van der Waals surface area contributed by atoms with Gasteiger partial charge in [-0.2, -0.15) is 0 Å². The number of rotatable bonds is 8. The number of aromatic nitrogens is 1. The largest absolute Gasteiger partial charge is 0.489 e. The summed E-state index contributed by atoms with van der Waals surface area (Å²) in [7, 11) is 0. The topological polar surface area (TPSA) is 54.7 Å². The van der Waals surface area contributed by atoms with E-state index in [1.807, 2.05) is 43.3 Å². The summed E-state index contributed by atoms with van der Waals surface area (Å²) < 4.78 is 7.39. The van der Waals surface area contributed by atoms with Crippen molar-refractivity contribution in [2.75, 3.05) is 13.1 Å². The van der Waals surface area contributed by atoms with Gasteiger partial charge in [-0.05, 0) is 48.1 Å². The molecule has 0 spiro atoms. The van der Waals surface area contributed by atoms with E-state index in [1.165, 1.54) is 11.6 Å². The Morgan fingerprint density at radius 1 is 1.03 bits per heavy atom. The minimum Gasteiger partial charge on any atom is -0.489 e. The van der Waals surface area contributed by atoms with Crippen LogP contribution in [0.25, 0.3) is 5.57 Å². The zero-order valence-corrected chi connectivity index (χ0v) is 19.2. The lowest BCUT2D eigenvalue weighted by molar-refractivity contribution is -0.00730. The first kappa shape index (κ1) is 23.0. The van der Waals surface area contributed by atoms with Gasteiger partial charge in [0.1, 0.15) is 12.4 Å². The van der Waals surface area contributed by atoms with E-state index in [-0.39, 0.29) is 5.56 Å². The van der Waals surface area contributed by atoms with Gasteiger partial charge in [0.05, 0.1) is 12.1 Å². The second kappa shape index (κ2) is 10.2. The molecule has 2 aromatic carbocycles. The minimum atomic E-state index is -0.525. The zero-order valence-electron chi connectivity index (χ0n) is 19.2. The first-order valence-corrected chi connectivity index (χ1v) is 11.5. The molecule has 0 saturated carbocycles. The molecule has 4 rings (SSSR count).